The first-order valence-electron chi connectivity index (χ1n) is 10.1. The van der Waals surface area contributed by atoms with Gasteiger partial charge in [-0.05, 0) is 54.4 Å². The lowest BCUT2D eigenvalue weighted by molar-refractivity contribution is -0.141. The van der Waals surface area contributed by atoms with Crippen molar-refractivity contribution in [1.82, 2.24) is 4.57 Å². The Labute approximate surface area is 176 Å². The number of benzene rings is 2. The predicted molar refractivity (Wildman–Crippen MR) is 115 cm³/mol. The maximum atomic E-state index is 11.5. The molecule has 0 radical (unpaired) electrons. The summed E-state index contributed by atoms with van der Waals surface area (Å²) in [7, 11) is 1.38. The third kappa shape index (κ3) is 5.32. The number of aryl methyl sites for hydroxylation is 1. The highest BCUT2D eigenvalue weighted by Gasteiger charge is 2.08. The van der Waals surface area contributed by atoms with E-state index in [4.69, 9.17) is 19.5 Å². The monoisotopic (exact) mass is 406 g/mol. The Morgan fingerprint density at radius 3 is 2.70 bits per heavy atom. The van der Waals surface area contributed by atoms with Crippen LogP contribution in [0.3, 0.4) is 0 Å². The Kier molecular flexibility index (Phi) is 7.34. The molecule has 1 aromatic heterocycles. The third-order valence-electron chi connectivity index (χ3n) is 4.79. The average Bonchev–Trinajstić information content (AvgIpc) is 3.16. The highest BCUT2D eigenvalue weighted by Crippen LogP contribution is 2.23. The zero-order chi connectivity index (χ0) is 21.3. The van der Waals surface area contributed by atoms with Crippen LogP contribution in [-0.4, -0.2) is 30.9 Å². The largest absolute Gasteiger partial charge is 0.493 e. The van der Waals surface area contributed by atoms with Crippen molar-refractivity contribution in [3.63, 3.8) is 0 Å². The smallest absolute Gasteiger partial charge is 0.325 e. The van der Waals surface area contributed by atoms with Gasteiger partial charge in [0.05, 0.1) is 32.0 Å². The first-order chi connectivity index (χ1) is 14.6. The van der Waals surface area contributed by atoms with Gasteiger partial charge in [-0.3, -0.25) is 4.79 Å². The third-order valence-corrected chi connectivity index (χ3v) is 4.79. The van der Waals surface area contributed by atoms with Gasteiger partial charge in [-0.25, -0.2) is 0 Å². The number of rotatable bonds is 10. The number of methoxy groups -OCH3 is 1. The topological polar surface area (TPSA) is 73.5 Å². The quantitative estimate of drug-likeness (QED) is 0.366. The highest BCUT2D eigenvalue weighted by atomic mass is 16.5. The van der Waals surface area contributed by atoms with Crippen molar-refractivity contribution in [2.75, 3.05) is 20.3 Å². The van der Waals surface area contributed by atoms with Crippen LogP contribution in [0.2, 0.25) is 0 Å². The van der Waals surface area contributed by atoms with Crippen molar-refractivity contribution >= 4 is 16.9 Å². The maximum Gasteiger partial charge on any atom is 0.325 e. The minimum absolute atomic E-state index is 0.187. The van der Waals surface area contributed by atoms with Crippen LogP contribution in [0.1, 0.15) is 30.9 Å². The van der Waals surface area contributed by atoms with Crippen LogP contribution in [0.5, 0.6) is 11.5 Å². The van der Waals surface area contributed by atoms with E-state index >= 15 is 0 Å². The van der Waals surface area contributed by atoms with E-state index in [9.17, 15) is 4.79 Å². The second-order valence-corrected chi connectivity index (χ2v) is 6.98. The van der Waals surface area contributed by atoms with Crippen molar-refractivity contribution < 1.29 is 19.0 Å². The van der Waals surface area contributed by atoms with Crippen molar-refractivity contribution in [2.24, 2.45) is 0 Å². The van der Waals surface area contributed by atoms with Gasteiger partial charge in [-0.15, -0.1) is 0 Å². The Balaban J connectivity index is 1.51. The van der Waals surface area contributed by atoms with Crippen molar-refractivity contribution in [3.05, 3.63) is 59.8 Å². The van der Waals surface area contributed by atoms with Gasteiger partial charge < -0.3 is 18.8 Å². The number of carbonyl (C=O) groups is 1. The molecule has 0 amide bonds. The molecule has 0 atom stereocenters. The minimum atomic E-state index is -0.280. The predicted octanol–water partition coefficient (Wildman–Crippen LogP) is 4.49. The standard InChI is InChI=1S/C24H26N2O4/c1-3-5-20-14-18(16-25)6-9-23(20)30-13-4-12-29-21-7-8-22-19(15-21)10-11-26(22)17-24(27)28-2/h6-11,14-15H,3-5,12-13,17H2,1-2H3. The van der Waals surface area contributed by atoms with Gasteiger partial charge in [-0.1, -0.05) is 13.3 Å². The molecular weight excluding hydrogens is 380 g/mol. The summed E-state index contributed by atoms with van der Waals surface area (Å²) in [4.78, 5) is 11.5. The summed E-state index contributed by atoms with van der Waals surface area (Å²) in [5, 5.41) is 10.1. The summed E-state index contributed by atoms with van der Waals surface area (Å²) in [5.41, 5.74) is 2.68. The molecule has 0 aliphatic rings. The van der Waals surface area contributed by atoms with Crippen LogP contribution in [0.15, 0.2) is 48.7 Å². The summed E-state index contributed by atoms with van der Waals surface area (Å²) >= 11 is 0. The number of ether oxygens (including phenoxy) is 3. The molecule has 1 heterocycles. The number of fused-ring (bicyclic) bond motifs is 1. The number of carbonyl (C=O) groups excluding carboxylic acids is 1. The zero-order valence-electron chi connectivity index (χ0n) is 17.4. The van der Waals surface area contributed by atoms with Crippen LogP contribution >= 0.6 is 0 Å². The second-order valence-electron chi connectivity index (χ2n) is 6.98. The summed E-state index contributed by atoms with van der Waals surface area (Å²) in [6.45, 7) is 3.37. The fourth-order valence-corrected chi connectivity index (χ4v) is 3.30. The second kappa shape index (κ2) is 10.4. The van der Waals surface area contributed by atoms with E-state index in [1.54, 1.807) is 6.07 Å². The van der Waals surface area contributed by atoms with E-state index in [1.807, 2.05) is 47.2 Å². The van der Waals surface area contributed by atoms with Gasteiger partial charge in [0.15, 0.2) is 0 Å². The lowest BCUT2D eigenvalue weighted by atomic mass is 10.1. The van der Waals surface area contributed by atoms with E-state index in [0.29, 0.717) is 18.8 Å². The molecule has 6 nitrogen and oxygen atoms in total. The molecule has 0 aliphatic heterocycles. The molecule has 0 saturated carbocycles. The average molecular weight is 406 g/mol. The maximum absolute atomic E-state index is 11.5. The molecule has 30 heavy (non-hydrogen) atoms. The zero-order valence-corrected chi connectivity index (χ0v) is 17.4. The molecule has 0 saturated heterocycles. The Hall–Kier alpha value is -3.46. The first-order valence-corrected chi connectivity index (χ1v) is 10.1. The Morgan fingerprint density at radius 1 is 1.10 bits per heavy atom. The molecule has 0 spiro atoms. The summed E-state index contributed by atoms with van der Waals surface area (Å²) in [6, 6.07) is 15.5. The number of esters is 1. The van der Waals surface area contributed by atoms with Gasteiger partial charge in [0.25, 0.3) is 0 Å². The lowest BCUT2D eigenvalue weighted by Crippen LogP contribution is -2.10. The van der Waals surface area contributed by atoms with Gasteiger partial charge in [0.2, 0.25) is 0 Å². The molecular formula is C24H26N2O4. The Morgan fingerprint density at radius 2 is 1.93 bits per heavy atom. The SMILES string of the molecule is CCCc1cc(C#N)ccc1OCCCOc1ccc2c(ccn2CC(=O)OC)c1. The molecule has 0 fully saturated rings. The normalized spacial score (nSPS) is 10.6. The summed E-state index contributed by atoms with van der Waals surface area (Å²) in [6.07, 6.45) is 4.49. The summed E-state index contributed by atoms with van der Waals surface area (Å²) in [5.74, 6) is 1.34. The molecule has 0 unspecified atom stereocenters. The number of aromatic nitrogens is 1. The molecule has 2 aromatic carbocycles. The van der Waals surface area contributed by atoms with Gasteiger partial charge in [-0.2, -0.15) is 5.26 Å². The van der Waals surface area contributed by atoms with Crippen LogP contribution in [0.4, 0.5) is 0 Å². The fraction of sp³-hybridized carbons (Fsp3) is 0.333. The molecule has 156 valence electrons. The van der Waals surface area contributed by atoms with Gasteiger partial charge in [0.1, 0.15) is 18.0 Å². The van der Waals surface area contributed by atoms with E-state index < -0.39 is 0 Å². The van der Waals surface area contributed by atoms with Crippen molar-refractivity contribution in [1.29, 1.82) is 5.26 Å². The molecule has 0 N–H and O–H groups in total. The number of hydrogen-bond acceptors (Lipinski definition) is 5. The van der Waals surface area contributed by atoms with Crippen molar-refractivity contribution in [2.45, 2.75) is 32.7 Å². The first kappa shape index (κ1) is 21.3. The van der Waals surface area contributed by atoms with Gasteiger partial charge >= 0.3 is 5.97 Å². The lowest BCUT2D eigenvalue weighted by Gasteiger charge is -2.12. The van der Waals surface area contributed by atoms with E-state index in [1.165, 1.54) is 7.11 Å². The number of hydrogen-bond donors (Lipinski definition) is 0. The molecule has 0 aliphatic carbocycles. The van der Waals surface area contributed by atoms with E-state index in [0.717, 1.165) is 47.2 Å². The molecule has 3 aromatic rings. The van der Waals surface area contributed by atoms with Crippen LogP contribution in [-0.2, 0) is 22.5 Å². The molecule has 0 bridgehead atoms. The minimum Gasteiger partial charge on any atom is -0.493 e. The van der Waals surface area contributed by atoms with Crippen LogP contribution in [0, 0.1) is 11.3 Å². The fourth-order valence-electron chi connectivity index (χ4n) is 3.30. The molecule has 3 rings (SSSR count). The van der Waals surface area contributed by atoms with E-state index in [-0.39, 0.29) is 12.5 Å². The molecule has 6 heteroatoms. The summed E-state index contributed by atoms with van der Waals surface area (Å²) < 4.78 is 18.3. The number of nitrogens with zero attached hydrogens (tertiary/aromatic N) is 2. The van der Waals surface area contributed by atoms with Gasteiger partial charge in [0, 0.05) is 23.5 Å². The van der Waals surface area contributed by atoms with E-state index in [2.05, 4.69) is 13.0 Å². The van der Waals surface area contributed by atoms with Crippen LogP contribution < -0.4 is 9.47 Å². The Bertz CT molecular complexity index is 1050. The van der Waals surface area contributed by atoms with Crippen LogP contribution in [0.25, 0.3) is 10.9 Å². The highest BCUT2D eigenvalue weighted by molar-refractivity contribution is 5.83. The van der Waals surface area contributed by atoms with Crippen molar-refractivity contribution in [3.8, 4) is 17.6 Å². The number of nitriles is 1.